The second-order valence-corrected chi connectivity index (χ2v) is 5.06. The minimum Gasteiger partial charge on any atom is -0.198 e. The summed E-state index contributed by atoms with van der Waals surface area (Å²) < 4.78 is 0. The Labute approximate surface area is 102 Å². The monoisotopic (exact) mass is 221 g/mol. The zero-order valence-corrected chi connectivity index (χ0v) is 9.82. The highest BCUT2D eigenvalue weighted by atomic mass is 14.4. The van der Waals surface area contributed by atoms with Gasteiger partial charge in [-0.25, -0.2) is 0 Å². The van der Waals surface area contributed by atoms with Crippen molar-refractivity contribution < 1.29 is 0 Å². The molecule has 0 unspecified atom stereocenters. The van der Waals surface area contributed by atoms with Gasteiger partial charge in [-0.2, -0.15) is 5.26 Å². The van der Waals surface area contributed by atoms with E-state index in [-0.39, 0.29) is 5.41 Å². The van der Waals surface area contributed by atoms with Crippen molar-refractivity contribution >= 4 is 10.8 Å². The quantitative estimate of drug-likeness (QED) is 0.749. The van der Waals surface area contributed by atoms with Gasteiger partial charge in [0.2, 0.25) is 0 Å². The number of rotatable bonds is 2. The van der Waals surface area contributed by atoms with Crippen molar-refractivity contribution in [3.05, 3.63) is 48.0 Å². The second kappa shape index (κ2) is 3.89. The molecule has 1 nitrogen and oxygen atoms in total. The van der Waals surface area contributed by atoms with Gasteiger partial charge in [-0.1, -0.05) is 48.9 Å². The van der Waals surface area contributed by atoms with Crippen LogP contribution in [0.4, 0.5) is 0 Å². The number of nitrogens with zero attached hydrogens (tertiary/aromatic N) is 1. The highest BCUT2D eigenvalue weighted by Crippen LogP contribution is 2.43. The maximum absolute atomic E-state index is 9.32. The number of hydrogen-bond donors (Lipinski definition) is 0. The summed E-state index contributed by atoms with van der Waals surface area (Å²) in [6.07, 6.45) is 4.24. The molecule has 0 saturated heterocycles. The summed E-state index contributed by atoms with van der Waals surface area (Å²) in [7, 11) is 0. The Bertz CT molecular complexity index is 582. The van der Waals surface area contributed by atoms with Crippen molar-refractivity contribution in [1.29, 1.82) is 5.26 Å². The van der Waals surface area contributed by atoms with Gasteiger partial charge in [0, 0.05) is 0 Å². The largest absolute Gasteiger partial charge is 0.198 e. The normalized spacial score (nSPS) is 17.4. The van der Waals surface area contributed by atoms with E-state index in [1.54, 1.807) is 0 Å². The highest BCUT2D eigenvalue weighted by molar-refractivity contribution is 5.85. The van der Waals surface area contributed by atoms with Crippen molar-refractivity contribution in [3.8, 4) is 6.07 Å². The molecular formula is C16H15N. The topological polar surface area (TPSA) is 23.8 Å². The van der Waals surface area contributed by atoms with Crippen LogP contribution >= 0.6 is 0 Å². The maximum Gasteiger partial charge on any atom is 0.0693 e. The van der Waals surface area contributed by atoms with E-state index in [2.05, 4.69) is 48.5 Å². The molecule has 1 heteroatoms. The molecule has 2 aromatic rings. The fourth-order valence-electron chi connectivity index (χ4n) is 2.74. The van der Waals surface area contributed by atoms with Gasteiger partial charge in [0.25, 0.3) is 0 Å². The standard InChI is InChI=1S/C16H15N/c17-12-16(9-4-10-16)11-14-7-3-6-13-5-1-2-8-15(13)14/h1-3,5-8H,4,9-11H2. The molecule has 0 amide bonds. The predicted molar refractivity (Wildman–Crippen MR) is 69.5 cm³/mol. The van der Waals surface area contributed by atoms with Gasteiger partial charge in [-0.3, -0.25) is 0 Å². The highest BCUT2D eigenvalue weighted by Gasteiger charge is 2.37. The molecule has 0 aliphatic heterocycles. The molecule has 0 aromatic heterocycles. The van der Waals surface area contributed by atoms with Gasteiger partial charge in [0.05, 0.1) is 11.5 Å². The number of nitriles is 1. The average molecular weight is 221 g/mol. The molecule has 2 aromatic carbocycles. The molecule has 0 heterocycles. The van der Waals surface area contributed by atoms with Crippen LogP contribution in [0.5, 0.6) is 0 Å². The lowest BCUT2D eigenvalue weighted by Gasteiger charge is -2.35. The number of benzene rings is 2. The van der Waals surface area contributed by atoms with Crippen LogP contribution in [-0.4, -0.2) is 0 Å². The first-order valence-corrected chi connectivity index (χ1v) is 6.21. The van der Waals surface area contributed by atoms with Gasteiger partial charge in [-0.05, 0) is 35.6 Å². The van der Waals surface area contributed by atoms with Gasteiger partial charge < -0.3 is 0 Å². The molecule has 0 bridgehead atoms. The third-order valence-corrected chi connectivity index (χ3v) is 3.96. The molecule has 17 heavy (non-hydrogen) atoms. The van der Waals surface area contributed by atoms with Crippen molar-refractivity contribution in [2.45, 2.75) is 25.7 Å². The lowest BCUT2D eigenvalue weighted by molar-refractivity contribution is 0.214. The van der Waals surface area contributed by atoms with Crippen LogP contribution in [0.3, 0.4) is 0 Å². The van der Waals surface area contributed by atoms with Crippen LogP contribution in [0.1, 0.15) is 24.8 Å². The van der Waals surface area contributed by atoms with Crippen LogP contribution in [-0.2, 0) is 6.42 Å². The van der Waals surface area contributed by atoms with Crippen LogP contribution in [0.25, 0.3) is 10.8 Å². The lowest BCUT2D eigenvalue weighted by atomic mass is 9.66. The second-order valence-electron chi connectivity index (χ2n) is 5.06. The van der Waals surface area contributed by atoms with Gasteiger partial charge in [0.1, 0.15) is 0 Å². The molecule has 84 valence electrons. The van der Waals surface area contributed by atoms with E-state index in [4.69, 9.17) is 0 Å². The summed E-state index contributed by atoms with van der Waals surface area (Å²) >= 11 is 0. The smallest absolute Gasteiger partial charge is 0.0693 e. The SMILES string of the molecule is N#CC1(Cc2cccc3ccccc23)CCC1. The van der Waals surface area contributed by atoms with E-state index >= 15 is 0 Å². The van der Waals surface area contributed by atoms with Crippen molar-refractivity contribution in [1.82, 2.24) is 0 Å². The summed E-state index contributed by atoms with van der Waals surface area (Å²) in [5.74, 6) is 0. The summed E-state index contributed by atoms with van der Waals surface area (Å²) in [6.45, 7) is 0. The molecule has 1 aliphatic carbocycles. The Hall–Kier alpha value is -1.81. The molecule has 0 spiro atoms. The van der Waals surface area contributed by atoms with Crippen LogP contribution in [0.2, 0.25) is 0 Å². The third-order valence-electron chi connectivity index (χ3n) is 3.96. The van der Waals surface area contributed by atoms with Crippen molar-refractivity contribution in [2.75, 3.05) is 0 Å². The molecule has 3 rings (SSSR count). The Morgan fingerprint density at radius 2 is 1.82 bits per heavy atom. The Balaban J connectivity index is 2.04. The minimum absolute atomic E-state index is 0.0792. The fraction of sp³-hybridized carbons (Fsp3) is 0.312. The summed E-state index contributed by atoms with van der Waals surface area (Å²) in [4.78, 5) is 0. The molecule has 0 atom stereocenters. The number of fused-ring (bicyclic) bond motifs is 1. The number of hydrogen-bond acceptors (Lipinski definition) is 1. The third kappa shape index (κ3) is 1.70. The summed E-state index contributed by atoms with van der Waals surface area (Å²) in [5, 5.41) is 11.9. The first-order valence-electron chi connectivity index (χ1n) is 6.21. The van der Waals surface area contributed by atoms with E-state index in [0.29, 0.717) is 0 Å². The Morgan fingerprint density at radius 3 is 2.53 bits per heavy atom. The van der Waals surface area contributed by atoms with Crippen LogP contribution in [0, 0.1) is 16.7 Å². The molecule has 1 fully saturated rings. The van der Waals surface area contributed by atoms with Crippen molar-refractivity contribution in [2.24, 2.45) is 5.41 Å². The van der Waals surface area contributed by atoms with E-state index < -0.39 is 0 Å². The van der Waals surface area contributed by atoms with E-state index in [1.807, 2.05) is 0 Å². The van der Waals surface area contributed by atoms with E-state index in [1.165, 1.54) is 22.8 Å². The molecule has 1 saturated carbocycles. The summed E-state index contributed by atoms with van der Waals surface area (Å²) in [6, 6.07) is 17.4. The van der Waals surface area contributed by atoms with Crippen molar-refractivity contribution in [3.63, 3.8) is 0 Å². The van der Waals surface area contributed by atoms with Gasteiger partial charge >= 0.3 is 0 Å². The Morgan fingerprint density at radius 1 is 1.06 bits per heavy atom. The van der Waals surface area contributed by atoms with E-state index in [9.17, 15) is 5.26 Å². The molecular weight excluding hydrogens is 206 g/mol. The minimum atomic E-state index is -0.0792. The zero-order chi connectivity index (χ0) is 11.7. The predicted octanol–water partition coefficient (Wildman–Crippen LogP) is 4.08. The van der Waals surface area contributed by atoms with Crippen LogP contribution < -0.4 is 0 Å². The van der Waals surface area contributed by atoms with Gasteiger partial charge in [0.15, 0.2) is 0 Å². The molecule has 0 radical (unpaired) electrons. The average Bonchev–Trinajstić information content (AvgIpc) is 2.34. The first kappa shape index (κ1) is 10.4. The van der Waals surface area contributed by atoms with Crippen LogP contribution in [0.15, 0.2) is 42.5 Å². The first-order chi connectivity index (χ1) is 8.33. The molecule has 1 aliphatic rings. The molecule has 0 N–H and O–H groups in total. The van der Waals surface area contributed by atoms with Gasteiger partial charge in [-0.15, -0.1) is 0 Å². The Kier molecular flexibility index (Phi) is 2.37. The zero-order valence-electron chi connectivity index (χ0n) is 9.82. The summed E-state index contributed by atoms with van der Waals surface area (Å²) in [5.41, 5.74) is 1.24. The maximum atomic E-state index is 9.32. The fourth-order valence-corrected chi connectivity index (χ4v) is 2.74. The lowest BCUT2D eigenvalue weighted by Crippen LogP contribution is -2.29. The van der Waals surface area contributed by atoms with E-state index in [0.717, 1.165) is 19.3 Å².